The quantitative estimate of drug-likeness (QED) is 0.804. The first-order valence-electron chi connectivity index (χ1n) is 9.75. The number of furan rings is 1. The summed E-state index contributed by atoms with van der Waals surface area (Å²) < 4.78 is 5.14. The van der Waals surface area contributed by atoms with Crippen LogP contribution in [0.15, 0.2) is 47.1 Å². The zero-order valence-electron chi connectivity index (χ0n) is 17.1. The van der Waals surface area contributed by atoms with Gasteiger partial charge in [-0.25, -0.2) is 0 Å². The Morgan fingerprint density at radius 1 is 0.966 bits per heavy atom. The molecule has 2 aromatic rings. The highest BCUT2D eigenvalue weighted by Gasteiger charge is 2.27. The molecule has 1 aliphatic rings. The molecule has 1 aliphatic heterocycles. The Bertz CT molecular complexity index is 876. The predicted molar refractivity (Wildman–Crippen MR) is 110 cm³/mol. The number of piperazine rings is 1. The predicted octanol–water partition coefficient (Wildman–Crippen LogP) is 2.89. The Morgan fingerprint density at radius 2 is 1.62 bits per heavy atom. The molecule has 1 fully saturated rings. The third-order valence-electron chi connectivity index (χ3n) is 4.97. The molecule has 0 bridgehead atoms. The lowest BCUT2D eigenvalue weighted by Gasteiger charge is -2.34. The van der Waals surface area contributed by atoms with E-state index in [1.165, 1.54) is 6.26 Å². The smallest absolute Gasteiger partial charge is 0.289 e. The number of hydrogen-bond acceptors (Lipinski definition) is 4. The number of para-hydroxylation sites is 1. The topological polar surface area (TPSA) is 82.9 Å². The van der Waals surface area contributed by atoms with Gasteiger partial charge in [-0.2, -0.15) is 0 Å². The zero-order valence-corrected chi connectivity index (χ0v) is 17.1. The van der Waals surface area contributed by atoms with Crippen molar-refractivity contribution in [3.63, 3.8) is 0 Å². The summed E-state index contributed by atoms with van der Waals surface area (Å²) in [6.07, 6.45) is 1.24. The van der Waals surface area contributed by atoms with Crippen molar-refractivity contribution in [2.75, 3.05) is 31.5 Å². The van der Waals surface area contributed by atoms with Crippen LogP contribution in [-0.4, -0.2) is 53.7 Å². The van der Waals surface area contributed by atoms with Crippen molar-refractivity contribution in [3.8, 4) is 0 Å². The molecule has 2 heterocycles. The summed E-state index contributed by atoms with van der Waals surface area (Å²) in [6, 6.07) is 10.9. The fourth-order valence-electron chi connectivity index (χ4n) is 3.40. The molecule has 0 spiro atoms. The van der Waals surface area contributed by atoms with Gasteiger partial charge >= 0.3 is 0 Å². The van der Waals surface area contributed by atoms with Gasteiger partial charge in [0.15, 0.2) is 5.76 Å². The molecule has 0 unspecified atom stereocenters. The Hall–Kier alpha value is -3.09. The molecular weight excluding hydrogens is 370 g/mol. The SMILES string of the molecule is CC(C)(C)c1ccccc1NC(=O)CC(=O)N1CCN(C(=O)c2ccco2)CC1. The van der Waals surface area contributed by atoms with Crippen LogP contribution < -0.4 is 5.32 Å². The van der Waals surface area contributed by atoms with Crippen molar-refractivity contribution < 1.29 is 18.8 Å². The molecule has 3 rings (SSSR count). The van der Waals surface area contributed by atoms with Gasteiger partial charge in [0.25, 0.3) is 5.91 Å². The largest absolute Gasteiger partial charge is 0.459 e. The van der Waals surface area contributed by atoms with Crippen LogP contribution in [0.2, 0.25) is 0 Å². The van der Waals surface area contributed by atoms with Crippen molar-refractivity contribution in [3.05, 3.63) is 54.0 Å². The Kier molecular flexibility index (Phi) is 6.06. The standard InChI is InChI=1S/C22H27N3O4/c1-22(2,3)16-7-4-5-8-17(16)23-19(26)15-20(27)24-10-12-25(13-11-24)21(28)18-9-6-14-29-18/h4-9,14H,10-13,15H2,1-3H3,(H,23,26). The molecule has 1 aromatic carbocycles. The second-order valence-electron chi connectivity index (χ2n) is 8.17. The first-order chi connectivity index (χ1) is 13.8. The fourth-order valence-corrected chi connectivity index (χ4v) is 3.40. The summed E-state index contributed by atoms with van der Waals surface area (Å²) in [5, 5.41) is 2.87. The molecule has 154 valence electrons. The number of benzene rings is 1. The van der Waals surface area contributed by atoms with E-state index in [2.05, 4.69) is 26.1 Å². The van der Waals surface area contributed by atoms with E-state index in [1.54, 1.807) is 21.9 Å². The number of hydrogen-bond donors (Lipinski definition) is 1. The summed E-state index contributed by atoms with van der Waals surface area (Å²) in [5.74, 6) is -0.457. The Morgan fingerprint density at radius 3 is 2.24 bits per heavy atom. The first-order valence-corrected chi connectivity index (χ1v) is 9.75. The third kappa shape index (κ3) is 5.04. The van der Waals surface area contributed by atoms with Crippen LogP contribution in [0.4, 0.5) is 5.69 Å². The third-order valence-corrected chi connectivity index (χ3v) is 4.97. The van der Waals surface area contributed by atoms with E-state index in [0.717, 1.165) is 11.3 Å². The number of amides is 3. The van der Waals surface area contributed by atoms with Crippen LogP contribution in [0, 0.1) is 0 Å². The van der Waals surface area contributed by atoms with Crippen LogP contribution in [0.5, 0.6) is 0 Å². The lowest BCUT2D eigenvalue weighted by Crippen LogP contribution is -2.51. The van der Waals surface area contributed by atoms with E-state index in [0.29, 0.717) is 31.9 Å². The molecule has 1 aromatic heterocycles. The summed E-state index contributed by atoms with van der Waals surface area (Å²) in [5.41, 5.74) is 1.63. The minimum absolute atomic E-state index is 0.120. The van der Waals surface area contributed by atoms with E-state index in [1.807, 2.05) is 24.3 Å². The first kappa shape index (κ1) is 20.6. The highest BCUT2D eigenvalue weighted by atomic mass is 16.3. The molecule has 29 heavy (non-hydrogen) atoms. The molecule has 1 N–H and O–H groups in total. The maximum Gasteiger partial charge on any atom is 0.289 e. The van der Waals surface area contributed by atoms with Gasteiger partial charge < -0.3 is 19.5 Å². The van der Waals surface area contributed by atoms with Gasteiger partial charge in [-0.3, -0.25) is 14.4 Å². The number of nitrogens with zero attached hydrogens (tertiary/aromatic N) is 2. The van der Waals surface area contributed by atoms with Crippen molar-refractivity contribution in [1.82, 2.24) is 9.80 Å². The normalized spacial score (nSPS) is 14.6. The fraction of sp³-hybridized carbons (Fsp3) is 0.409. The lowest BCUT2D eigenvalue weighted by molar-refractivity contribution is -0.135. The van der Waals surface area contributed by atoms with Gasteiger partial charge in [0, 0.05) is 31.9 Å². The van der Waals surface area contributed by atoms with Gasteiger partial charge in [0.2, 0.25) is 11.8 Å². The van der Waals surface area contributed by atoms with Crippen LogP contribution in [0.1, 0.15) is 43.3 Å². The average Bonchev–Trinajstić information content (AvgIpc) is 3.22. The van der Waals surface area contributed by atoms with E-state index in [-0.39, 0.29) is 29.6 Å². The van der Waals surface area contributed by atoms with E-state index in [9.17, 15) is 14.4 Å². The molecule has 0 atom stereocenters. The Labute approximate surface area is 170 Å². The van der Waals surface area contributed by atoms with Gasteiger partial charge in [0.1, 0.15) is 6.42 Å². The van der Waals surface area contributed by atoms with Crippen LogP contribution in [0.3, 0.4) is 0 Å². The van der Waals surface area contributed by atoms with Crippen molar-refractivity contribution in [2.24, 2.45) is 0 Å². The van der Waals surface area contributed by atoms with Crippen molar-refractivity contribution >= 4 is 23.4 Å². The summed E-state index contributed by atoms with van der Waals surface area (Å²) in [7, 11) is 0. The summed E-state index contributed by atoms with van der Waals surface area (Å²) >= 11 is 0. The maximum absolute atomic E-state index is 12.5. The molecule has 3 amide bonds. The average molecular weight is 397 g/mol. The summed E-state index contributed by atoms with van der Waals surface area (Å²) in [6.45, 7) is 7.86. The van der Waals surface area contributed by atoms with Crippen LogP contribution >= 0.6 is 0 Å². The molecular formula is C22H27N3O4. The Balaban J connectivity index is 1.53. The zero-order chi connectivity index (χ0) is 21.0. The highest BCUT2D eigenvalue weighted by molar-refractivity contribution is 6.04. The molecule has 0 saturated carbocycles. The second-order valence-corrected chi connectivity index (χ2v) is 8.17. The minimum atomic E-state index is -0.333. The van der Waals surface area contributed by atoms with Gasteiger partial charge in [-0.05, 0) is 29.2 Å². The van der Waals surface area contributed by atoms with E-state index >= 15 is 0 Å². The number of anilines is 1. The minimum Gasteiger partial charge on any atom is -0.459 e. The van der Waals surface area contributed by atoms with Crippen LogP contribution in [0.25, 0.3) is 0 Å². The van der Waals surface area contributed by atoms with Gasteiger partial charge in [0.05, 0.1) is 6.26 Å². The molecule has 7 nitrogen and oxygen atoms in total. The molecule has 1 saturated heterocycles. The number of rotatable bonds is 4. The van der Waals surface area contributed by atoms with Gasteiger partial charge in [-0.15, -0.1) is 0 Å². The highest BCUT2D eigenvalue weighted by Crippen LogP contribution is 2.29. The lowest BCUT2D eigenvalue weighted by atomic mass is 9.86. The van der Waals surface area contributed by atoms with Crippen molar-refractivity contribution in [2.45, 2.75) is 32.6 Å². The maximum atomic E-state index is 12.5. The van der Waals surface area contributed by atoms with Crippen LogP contribution in [-0.2, 0) is 15.0 Å². The number of nitrogens with one attached hydrogen (secondary N) is 1. The van der Waals surface area contributed by atoms with Crippen molar-refractivity contribution in [1.29, 1.82) is 0 Å². The monoisotopic (exact) mass is 397 g/mol. The van der Waals surface area contributed by atoms with E-state index in [4.69, 9.17) is 4.42 Å². The summed E-state index contributed by atoms with van der Waals surface area (Å²) in [4.78, 5) is 40.5. The second kappa shape index (κ2) is 8.51. The van der Waals surface area contributed by atoms with Gasteiger partial charge in [-0.1, -0.05) is 39.0 Å². The number of carbonyl (C=O) groups excluding carboxylic acids is 3. The molecule has 7 heteroatoms. The van der Waals surface area contributed by atoms with E-state index < -0.39 is 0 Å². The molecule has 0 radical (unpaired) electrons. The molecule has 0 aliphatic carbocycles. The number of carbonyl (C=O) groups is 3.